The van der Waals surface area contributed by atoms with Gasteiger partial charge >= 0.3 is 6.09 Å². The normalized spacial score (nSPS) is 14.5. The van der Waals surface area contributed by atoms with Crippen molar-refractivity contribution in [2.45, 2.75) is 65.0 Å². The van der Waals surface area contributed by atoms with Crippen LogP contribution in [0.5, 0.6) is 0 Å². The molecule has 54 heavy (non-hydrogen) atoms. The maximum Gasteiger partial charge on any atom is 0.407 e. The number of pyridine rings is 1. The zero-order valence-corrected chi connectivity index (χ0v) is 30.9. The summed E-state index contributed by atoms with van der Waals surface area (Å²) in [5, 5.41) is 8.92. The highest BCUT2D eigenvalue weighted by atomic mass is 16.5. The lowest BCUT2D eigenvalue weighted by molar-refractivity contribution is -0.138. The highest BCUT2D eigenvalue weighted by molar-refractivity contribution is 5.88. The third-order valence-electron chi connectivity index (χ3n) is 9.35. The number of unbranched alkanes of at least 4 members (excludes halogenated alkanes) is 1. The Balaban J connectivity index is 1.06. The highest BCUT2D eigenvalue weighted by Gasteiger charge is 2.37. The first-order chi connectivity index (χ1) is 26.1. The van der Waals surface area contributed by atoms with Gasteiger partial charge < -0.3 is 35.6 Å². The van der Waals surface area contributed by atoms with Crippen LogP contribution in [0.1, 0.15) is 75.4 Å². The summed E-state index contributed by atoms with van der Waals surface area (Å²) in [5.41, 5.74) is 5.84. The second kappa shape index (κ2) is 17.1. The van der Waals surface area contributed by atoms with Gasteiger partial charge in [0.15, 0.2) is 0 Å². The van der Waals surface area contributed by atoms with Crippen LogP contribution in [0, 0.1) is 17.8 Å². The Kier molecular flexibility index (Phi) is 11.9. The Morgan fingerprint density at radius 3 is 2.61 bits per heavy atom. The summed E-state index contributed by atoms with van der Waals surface area (Å²) in [6.45, 7) is 6.31. The number of imidazole rings is 2. The first-order valence-corrected chi connectivity index (χ1v) is 18.2. The molecule has 1 aliphatic heterocycles. The number of aromatic amines is 2. The van der Waals surface area contributed by atoms with E-state index in [9.17, 15) is 19.2 Å². The minimum Gasteiger partial charge on any atom is -0.453 e. The van der Waals surface area contributed by atoms with Crippen LogP contribution >= 0.6 is 0 Å². The molecule has 0 spiro atoms. The molecule has 5 N–H and O–H groups in total. The number of methoxy groups -OCH3 is 1. The standard InChI is InChI=1S/C40H45N9O5/c1-24(2)37(44-25(3)50)39(52)49-19-7-8-34(49)38-47-31-16-11-26(20-32(31)48-38)10-14-29-15-12-27-21-28(13-17-30(27)45-29)33-22-42-35(46-33)9-5-6-18-41-36(51)23-43-40(53)54-4/h11-13,15-17,20-22,24,34,37H,5-9,18-19,23H2,1-4H3,(H,41,51)(H,42,46)(H,43,53)(H,44,50)(H,47,48). The van der Waals surface area contributed by atoms with E-state index in [1.54, 1.807) is 0 Å². The van der Waals surface area contributed by atoms with Crippen molar-refractivity contribution in [3.63, 3.8) is 0 Å². The minimum atomic E-state index is -0.640. The van der Waals surface area contributed by atoms with Crippen LogP contribution in [-0.4, -0.2) is 86.4 Å². The maximum absolute atomic E-state index is 13.5. The molecule has 2 unspecified atom stereocenters. The van der Waals surface area contributed by atoms with Crippen molar-refractivity contribution in [2.75, 3.05) is 26.7 Å². The van der Waals surface area contributed by atoms with Gasteiger partial charge in [-0.3, -0.25) is 14.4 Å². The molecule has 0 saturated carbocycles. The third-order valence-corrected chi connectivity index (χ3v) is 9.35. The molecule has 1 fully saturated rings. The van der Waals surface area contributed by atoms with Gasteiger partial charge in [0.2, 0.25) is 17.7 Å². The van der Waals surface area contributed by atoms with Crippen molar-refractivity contribution in [3.05, 3.63) is 77.6 Å². The number of likely N-dealkylation sites (tertiary alicyclic amines) is 1. The zero-order valence-electron chi connectivity index (χ0n) is 30.9. The number of fused-ring (bicyclic) bond motifs is 2. The summed E-state index contributed by atoms with van der Waals surface area (Å²) in [7, 11) is 1.25. The van der Waals surface area contributed by atoms with Gasteiger partial charge in [-0.15, -0.1) is 0 Å². The summed E-state index contributed by atoms with van der Waals surface area (Å²) < 4.78 is 4.45. The summed E-state index contributed by atoms with van der Waals surface area (Å²) in [5.74, 6) is 7.43. The summed E-state index contributed by atoms with van der Waals surface area (Å²) in [6.07, 6.45) is 5.19. The smallest absolute Gasteiger partial charge is 0.407 e. The van der Waals surface area contributed by atoms with E-state index >= 15 is 0 Å². The van der Waals surface area contributed by atoms with E-state index in [1.807, 2.05) is 67.4 Å². The van der Waals surface area contributed by atoms with Crippen LogP contribution < -0.4 is 16.0 Å². The number of amides is 4. The van der Waals surface area contributed by atoms with Crippen molar-refractivity contribution in [3.8, 4) is 23.1 Å². The van der Waals surface area contributed by atoms with Crippen molar-refractivity contribution < 1.29 is 23.9 Å². The zero-order chi connectivity index (χ0) is 38.2. The van der Waals surface area contributed by atoms with E-state index in [4.69, 9.17) is 9.97 Å². The first-order valence-electron chi connectivity index (χ1n) is 18.2. The van der Waals surface area contributed by atoms with E-state index in [0.717, 1.165) is 82.5 Å². The lowest BCUT2D eigenvalue weighted by Crippen LogP contribution is -2.50. The lowest BCUT2D eigenvalue weighted by Gasteiger charge is -2.30. The molecule has 2 atom stereocenters. The molecule has 6 rings (SSSR count). The second-order valence-electron chi connectivity index (χ2n) is 13.7. The van der Waals surface area contributed by atoms with Crippen molar-refractivity contribution in [1.29, 1.82) is 0 Å². The molecule has 4 heterocycles. The average Bonchev–Trinajstić information content (AvgIpc) is 3.94. The molecular weight excluding hydrogens is 686 g/mol. The second-order valence-corrected chi connectivity index (χ2v) is 13.7. The van der Waals surface area contributed by atoms with Crippen LogP contribution in [0.25, 0.3) is 33.2 Å². The highest BCUT2D eigenvalue weighted by Crippen LogP contribution is 2.33. The molecule has 1 aliphatic rings. The molecule has 1 saturated heterocycles. The molecule has 0 bridgehead atoms. The average molecular weight is 732 g/mol. The Labute approximate surface area is 313 Å². The number of aromatic nitrogens is 5. The van der Waals surface area contributed by atoms with Crippen LogP contribution in [-0.2, 0) is 25.5 Å². The third kappa shape index (κ3) is 9.22. The molecule has 14 nitrogen and oxygen atoms in total. The van der Waals surface area contributed by atoms with Crippen molar-refractivity contribution in [2.24, 2.45) is 5.92 Å². The fourth-order valence-corrected chi connectivity index (χ4v) is 6.56. The number of carbonyl (C=O) groups excluding carboxylic acids is 4. The van der Waals surface area contributed by atoms with Gasteiger partial charge in [-0.05, 0) is 80.0 Å². The molecule has 5 aromatic rings. The Morgan fingerprint density at radius 2 is 1.81 bits per heavy atom. The SMILES string of the molecule is COC(=O)NCC(=O)NCCCCc1ncc(-c2ccc3nc(C#Cc4ccc5nc(C6CCCN6C(=O)C(NC(C)=O)C(C)C)[nH]c5c4)ccc3c2)[nH]1. The van der Waals surface area contributed by atoms with Gasteiger partial charge in [0.25, 0.3) is 0 Å². The van der Waals surface area contributed by atoms with Gasteiger partial charge in [-0.2, -0.15) is 0 Å². The molecule has 0 radical (unpaired) electrons. The van der Waals surface area contributed by atoms with E-state index < -0.39 is 12.1 Å². The van der Waals surface area contributed by atoms with E-state index in [2.05, 4.69) is 53.5 Å². The van der Waals surface area contributed by atoms with Gasteiger partial charge in [0.05, 0.1) is 48.1 Å². The van der Waals surface area contributed by atoms with Crippen LogP contribution in [0.15, 0.2) is 54.7 Å². The first kappa shape index (κ1) is 37.5. The molecule has 280 valence electrons. The van der Waals surface area contributed by atoms with Gasteiger partial charge in [-0.25, -0.2) is 19.7 Å². The monoisotopic (exact) mass is 731 g/mol. The quantitative estimate of drug-likeness (QED) is 0.0916. The van der Waals surface area contributed by atoms with Crippen molar-refractivity contribution >= 4 is 45.8 Å². The summed E-state index contributed by atoms with van der Waals surface area (Å²) in [4.78, 5) is 70.9. The Hall–Kier alpha value is -6.23. The Morgan fingerprint density at radius 1 is 0.981 bits per heavy atom. The predicted molar refractivity (Wildman–Crippen MR) is 204 cm³/mol. The molecule has 2 aromatic carbocycles. The number of H-pyrrole nitrogens is 2. The molecular formula is C40H45N9O5. The van der Waals surface area contributed by atoms with Crippen molar-refractivity contribution in [1.82, 2.24) is 45.8 Å². The number of alkyl carbamates (subject to hydrolysis) is 1. The molecule has 14 heteroatoms. The van der Waals surface area contributed by atoms with E-state index in [-0.39, 0.29) is 36.2 Å². The molecule has 3 aromatic heterocycles. The number of nitrogens with one attached hydrogen (secondary N) is 5. The number of hydrogen-bond donors (Lipinski definition) is 5. The topological polar surface area (TPSA) is 187 Å². The van der Waals surface area contributed by atoms with Crippen LogP contribution in [0.2, 0.25) is 0 Å². The predicted octanol–water partition coefficient (Wildman–Crippen LogP) is 4.52. The van der Waals surface area contributed by atoms with Crippen LogP contribution in [0.3, 0.4) is 0 Å². The number of rotatable bonds is 12. The largest absolute Gasteiger partial charge is 0.453 e. The fraction of sp³-hybridized carbons (Fsp3) is 0.375. The molecule has 4 amide bonds. The number of benzene rings is 2. The number of hydrogen-bond acceptors (Lipinski definition) is 8. The molecule has 0 aliphatic carbocycles. The number of carbonyl (C=O) groups is 4. The van der Waals surface area contributed by atoms with E-state index in [1.165, 1.54) is 14.0 Å². The Bertz CT molecular complexity index is 2230. The van der Waals surface area contributed by atoms with Gasteiger partial charge in [0.1, 0.15) is 23.4 Å². The van der Waals surface area contributed by atoms with E-state index in [0.29, 0.717) is 18.8 Å². The number of aryl methyl sites for hydroxylation is 1. The lowest BCUT2D eigenvalue weighted by atomic mass is 10.0. The number of nitrogens with zero attached hydrogens (tertiary/aromatic N) is 4. The summed E-state index contributed by atoms with van der Waals surface area (Å²) >= 11 is 0. The maximum atomic E-state index is 13.5. The van der Waals surface area contributed by atoms with Gasteiger partial charge in [0, 0.05) is 42.9 Å². The fourth-order valence-electron chi connectivity index (χ4n) is 6.56. The van der Waals surface area contributed by atoms with Gasteiger partial charge in [-0.1, -0.05) is 25.8 Å². The number of ether oxygens (including phenoxy) is 1. The summed E-state index contributed by atoms with van der Waals surface area (Å²) in [6, 6.07) is 15.0. The van der Waals surface area contributed by atoms with Crippen LogP contribution in [0.4, 0.5) is 4.79 Å². The minimum absolute atomic E-state index is 0.0336.